The molecule has 1 spiro atoms. The van der Waals surface area contributed by atoms with Crippen molar-refractivity contribution >= 4 is 23.5 Å². The van der Waals surface area contributed by atoms with Crippen molar-refractivity contribution in [1.82, 2.24) is 15.5 Å². The average Bonchev–Trinajstić information content (AvgIpc) is 2.67. The summed E-state index contributed by atoms with van der Waals surface area (Å²) in [6.07, 6.45) is 1.45. The minimum atomic E-state index is -0.845. The monoisotopic (exact) mass is 311 g/mol. The summed E-state index contributed by atoms with van der Waals surface area (Å²) in [7, 11) is 0. The lowest BCUT2D eigenvalue weighted by atomic mass is 9.90. The summed E-state index contributed by atoms with van der Waals surface area (Å²) in [5.74, 6) is -0.700. The van der Waals surface area contributed by atoms with Gasteiger partial charge >= 0.3 is 6.03 Å². The van der Waals surface area contributed by atoms with Crippen LogP contribution in [0.3, 0.4) is 0 Å². The summed E-state index contributed by atoms with van der Waals surface area (Å²) in [5, 5.41) is 6.12. The highest BCUT2D eigenvalue weighted by Gasteiger charge is 2.51. The van der Waals surface area contributed by atoms with E-state index < -0.39 is 17.4 Å². The smallest absolute Gasteiger partial charge is 0.322 e. The molecule has 21 heavy (non-hydrogen) atoms. The highest BCUT2D eigenvalue weighted by molar-refractivity contribution is 6.31. The van der Waals surface area contributed by atoms with Crippen LogP contribution in [0.5, 0.6) is 0 Å². The van der Waals surface area contributed by atoms with Crippen LogP contribution in [0.25, 0.3) is 0 Å². The molecule has 3 amide bonds. The molecule has 1 aromatic carbocycles. The molecule has 0 aromatic heterocycles. The lowest BCUT2D eigenvalue weighted by Gasteiger charge is -2.31. The van der Waals surface area contributed by atoms with Gasteiger partial charge in [0.05, 0.1) is 6.54 Å². The number of halogens is 2. The number of piperidine rings is 1. The van der Waals surface area contributed by atoms with Gasteiger partial charge in [-0.15, -0.1) is 0 Å². The van der Waals surface area contributed by atoms with E-state index in [-0.39, 0.29) is 17.5 Å². The molecule has 5 nitrogen and oxygen atoms in total. The van der Waals surface area contributed by atoms with Crippen molar-refractivity contribution in [3.8, 4) is 0 Å². The number of imide groups is 1. The Labute approximate surface area is 126 Å². The summed E-state index contributed by atoms with van der Waals surface area (Å²) in [5.41, 5.74) is -0.302. The molecule has 0 saturated carbocycles. The molecule has 2 saturated heterocycles. The molecular weight excluding hydrogens is 297 g/mol. The molecule has 2 aliphatic heterocycles. The van der Waals surface area contributed by atoms with Crippen molar-refractivity contribution in [2.75, 3.05) is 13.1 Å². The number of nitrogens with zero attached hydrogens (tertiary/aromatic N) is 1. The van der Waals surface area contributed by atoms with E-state index >= 15 is 0 Å². The van der Waals surface area contributed by atoms with Gasteiger partial charge in [-0.05, 0) is 37.1 Å². The Bertz CT molecular complexity index is 602. The van der Waals surface area contributed by atoms with E-state index in [4.69, 9.17) is 11.6 Å². The Hall–Kier alpha value is -1.66. The Morgan fingerprint density at radius 2 is 2.19 bits per heavy atom. The predicted molar refractivity (Wildman–Crippen MR) is 75.3 cm³/mol. The number of amides is 3. The van der Waals surface area contributed by atoms with Crippen molar-refractivity contribution in [1.29, 1.82) is 0 Å². The third-order valence-corrected chi connectivity index (χ3v) is 4.33. The molecule has 1 unspecified atom stereocenters. The number of benzene rings is 1. The second-order valence-corrected chi connectivity index (χ2v) is 5.83. The number of hydrogen-bond acceptors (Lipinski definition) is 3. The molecule has 0 radical (unpaired) electrons. The average molecular weight is 312 g/mol. The first-order chi connectivity index (χ1) is 10.0. The normalized spacial score (nSPS) is 25.5. The molecule has 0 aliphatic carbocycles. The Morgan fingerprint density at radius 1 is 1.38 bits per heavy atom. The highest BCUT2D eigenvalue weighted by Crippen LogP contribution is 2.28. The molecule has 2 N–H and O–H groups in total. The van der Waals surface area contributed by atoms with Gasteiger partial charge in [0.15, 0.2) is 0 Å². The minimum absolute atomic E-state index is 0.0472. The summed E-state index contributed by atoms with van der Waals surface area (Å²) in [6.45, 7) is 1.32. The first-order valence-electron chi connectivity index (χ1n) is 6.81. The largest absolute Gasteiger partial charge is 0.325 e. The van der Waals surface area contributed by atoms with E-state index in [0.29, 0.717) is 18.5 Å². The van der Waals surface area contributed by atoms with Gasteiger partial charge < -0.3 is 10.6 Å². The molecule has 1 atom stereocenters. The number of hydrogen-bond donors (Lipinski definition) is 2. The topological polar surface area (TPSA) is 61.4 Å². The number of carbonyl (C=O) groups is 2. The molecule has 2 fully saturated rings. The van der Waals surface area contributed by atoms with Gasteiger partial charge in [0.1, 0.15) is 11.4 Å². The van der Waals surface area contributed by atoms with E-state index in [9.17, 15) is 14.0 Å². The van der Waals surface area contributed by atoms with Gasteiger partial charge in [0.25, 0.3) is 5.91 Å². The first kappa shape index (κ1) is 14.3. The number of carbonyl (C=O) groups excluding carboxylic acids is 2. The van der Waals surface area contributed by atoms with E-state index in [1.165, 1.54) is 18.2 Å². The zero-order valence-electron chi connectivity index (χ0n) is 11.3. The second-order valence-electron chi connectivity index (χ2n) is 5.42. The van der Waals surface area contributed by atoms with Crippen molar-refractivity contribution < 1.29 is 14.0 Å². The highest BCUT2D eigenvalue weighted by atomic mass is 35.5. The van der Waals surface area contributed by atoms with Crippen LogP contribution in [0.15, 0.2) is 18.2 Å². The Morgan fingerprint density at radius 3 is 2.86 bits per heavy atom. The predicted octanol–water partition coefficient (Wildman–Crippen LogP) is 1.65. The lowest BCUT2D eigenvalue weighted by molar-refractivity contribution is -0.132. The van der Waals surface area contributed by atoms with Crippen LogP contribution in [0, 0.1) is 5.82 Å². The van der Waals surface area contributed by atoms with Crippen LogP contribution in [0.4, 0.5) is 9.18 Å². The second kappa shape index (κ2) is 5.27. The van der Waals surface area contributed by atoms with Gasteiger partial charge in [-0.1, -0.05) is 17.7 Å². The minimum Gasteiger partial charge on any atom is -0.322 e. The summed E-state index contributed by atoms with van der Waals surface area (Å²) in [4.78, 5) is 25.8. The molecule has 2 heterocycles. The SMILES string of the molecule is O=C1NC2(CCCNC2)C(=O)N1Cc1ccc(F)cc1Cl. The molecular formula is C14H15ClFN3O2. The van der Waals surface area contributed by atoms with E-state index in [1.807, 2.05) is 0 Å². The van der Waals surface area contributed by atoms with Gasteiger partial charge in [-0.3, -0.25) is 9.69 Å². The van der Waals surface area contributed by atoms with Gasteiger partial charge in [-0.2, -0.15) is 0 Å². The number of rotatable bonds is 2. The quantitative estimate of drug-likeness (QED) is 0.817. The van der Waals surface area contributed by atoms with E-state index in [1.54, 1.807) is 0 Å². The molecule has 1 aromatic rings. The van der Waals surface area contributed by atoms with Crippen molar-refractivity contribution in [2.24, 2.45) is 0 Å². The Kier molecular flexibility index (Phi) is 3.59. The third-order valence-electron chi connectivity index (χ3n) is 3.97. The molecule has 0 bridgehead atoms. The number of nitrogens with one attached hydrogen (secondary N) is 2. The molecule has 3 rings (SSSR count). The third kappa shape index (κ3) is 2.49. The maximum absolute atomic E-state index is 13.0. The molecule has 2 aliphatic rings. The summed E-state index contributed by atoms with van der Waals surface area (Å²) >= 11 is 5.96. The zero-order chi connectivity index (χ0) is 15.0. The van der Waals surface area contributed by atoms with Crippen LogP contribution in [0.2, 0.25) is 5.02 Å². The summed E-state index contributed by atoms with van der Waals surface area (Å²) < 4.78 is 13.0. The summed E-state index contributed by atoms with van der Waals surface area (Å²) in [6, 6.07) is 3.50. The van der Waals surface area contributed by atoms with E-state index in [0.717, 1.165) is 17.9 Å². The van der Waals surface area contributed by atoms with Gasteiger partial charge in [0.2, 0.25) is 0 Å². The molecule has 112 valence electrons. The van der Waals surface area contributed by atoms with Crippen LogP contribution >= 0.6 is 11.6 Å². The van der Waals surface area contributed by atoms with Crippen LogP contribution in [0.1, 0.15) is 18.4 Å². The van der Waals surface area contributed by atoms with Gasteiger partial charge in [0, 0.05) is 11.6 Å². The maximum Gasteiger partial charge on any atom is 0.325 e. The maximum atomic E-state index is 13.0. The fourth-order valence-corrected chi connectivity index (χ4v) is 3.06. The van der Waals surface area contributed by atoms with Crippen molar-refractivity contribution in [3.63, 3.8) is 0 Å². The van der Waals surface area contributed by atoms with E-state index in [2.05, 4.69) is 10.6 Å². The molecule has 7 heteroatoms. The van der Waals surface area contributed by atoms with Crippen LogP contribution < -0.4 is 10.6 Å². The Balaban J connectivity index is 1.82. The standard InChI is InChI=1S/C14H15ClFN3O2/c15-11-6-10(16)3-2-9(11)7-19-12(20)14(18-13(19)21)4-1-5-17-8-14/h2-3,6,17H,1,4-5,7-8H2,(H,18,21). The fourth-order valence-electron chi connectivity index (χ4n) is 2.83. The lowest BCUT2D eigenvalue weighted by Crippen LogP contribution is -2.57. The number of urea groups is 1. The van der Waals surface area contributed by atoms with Crippen molar-refractivity contribution in [2.45, 2.75) is 24.9 Å². The first-order valence-corrected chi connectivity index (χ1v) is 7.18. The van der Waals surface area contributed by atoms with Crippen LogP contribution in [-0.2, 0) is 11.3 Å². The van der Waals surface area contributed by atoms with Crippen molar-refractivity contribution in [3.05, 3.63) is 34.6 Å². The fraction of sp³-hybridized carbons (Fsp3) is 0.429. The van der Waals surface area contributed by atoms with Crippen LogP contribution in [-0.4, -0.2) is 35.5 Å². The van der Waals surface area contributed by atoms with Gasteiger partial charge in [-0.25, -0.2) is 9.18 Å². The zero-order valence-corrected chi connectivity index (χ0v) is 12.0.